The van der Waals surface area contributed by atoms with E-state index in [1.54, 1.807) is 25.7 Å². The molecule has 4 aromatic rings. The molecule has 44 heavy (non-hydrogen) atoms. The first-order chi connectivity index (χ1) is 20.9. The highest BCUT2D eigenvalue weighted by Gasteiger charge is 2.29. The fraction of sp³-hybridized carbons (Fsp3) is 0.286. The minimum atomic E-state index is -1.13. The Balaban J connectivity index is 1.44. The normalized spacial score (nSPS) is 13.5. The predicted molar refractivity (Wildman–Crippen MR) is 151 cm³/mol. The average molecular weight is 607 g/mol. The van der Waals surface area contributed by atoms with Crippen molar-refractivity contribution >= 4 is 28.6 Å². The van der Waals surface area contributed by atoms with Gasteiger partial charge >= 0.3 is 11.8 Å². The summed E-state index contributed by atoms with van der Waals surface area (Å²) in [7, 11) is 0. The molecule has 1 aliphatic rings. The molecule has 1 aliphatic heterocycles. The number of nitro benzene ring substituents is 1. The zero-order valence-corrected chi connectivity index (χ0v) is 23.7. The van der Waals surface area contributed by atoms with Crippen LogP contribution in [0, 0.1) is 33.1 Å². The standard InChI is InChI=1S/C28H24F2N8O6/c1-28(2,3)44-27(40)36-10-8-35(9-11-36)26-32-13-16(14-33-26)37-15-34-20-6-7-21(23(38(41)42)22(20)25(37)39)43-24-17(12-31)18(29)4-5-19(24)30/h4-7,13-15H,8-11H2,1-3H3. The lowest BCUT2D eigenvalue weighted by molar-refractivity contribution is -0.383. The number of hydrogen-bond donors (Lipinski definition) is 0. The van der Waals surface area contributed by atoms with Crippen molar-refractivity contribution in [1.29, 1.82) is 5.26 Å². The van der Waals surface area contributed by atoms with E-state index in [-0.39, 0.29) is 11.2 Å². The quantitative estimate of drug-likeness (QED) is 0.237. The first-order valence-corrected chi connectivity index (χ1v) is 13.2. The molecule has 0 bridgehead atoms. The van der Waals surface area contributed by atoms with Gasteiger partial charge in [-0.05, 0) is 45.0 Å². The molecule has 1 saturated heterocycles. The van der Waals surface area contributed by atoms with E-state index in [4.69, 9.17) is 9.47 Å². The number of carbonyl (C=O) groups is 1. The molecule has 1 amide bonds. The Morgan fingerprint density at radius 3 is 2.32 bits per heavy atom. The van der Waals surface area contributed by atoms with Crippen LogP contribution in [-0.4, -0.2) is 67.2 Å². The number of nitro groups is 1. The van der Waals surface area contributed by atoms with Crippen LogP contribution in [0.15, 0.2) is 47.8 Å². The number of halogens is 2. The molecule has 0 radical (unpaired) electrons. The van der Waals surface area contributed by atoms with Crippen LogP contribution in [-0.2, 0) is 4.74 Å². The molecule has 0 atom stereocenters. The predicted octanol–water partition coefficient (Wildman–Crippen LogP) is 4.08. The lowest BCUT2D eigenvalue weighted by atomic mass is 10.1. The van der Waals surface area contributed by atoms with Gasteiger partial charge in [-0.25, -0.2) is 28.5 Å². The second kappa shape index (κ2) is 11.5. The van der Waals surface area contributed by atoms with Gasteiger partial charge in [0, 0.05) is 26.2 Å². The molecular formula is C28H24F2N8O6. The molecule has 5 rings (SSSR count). The van der Waals surface area contributed by atoms with Crippen molar-refractivity contribution in [1.82, 2.24) is 24.4 Å². The Labute approximate surface area is 247 Å². The number of nitrogens with zero attached hydrogens (tertiary/aromatic N) is 8. The van der Waals surface area contributed by atoms with Crippen LogP contribution in [0.5, 0.6) is 11.5 Å². The molecule has 226 valence electrons. The van der Waals surface area contributed by atoms with Gasteiger partial charge in [0.05, 0.1) is 28.5 Å². The van der Waals surface area contributed by atoms with Gasteiger partial charge in [0.2, 0.25) is 11.7 Å². The molecule has 0 saturated carbocycles. The molecular weight excluding hydrogens is 582 g/mol. The van der Waals surface area contributed by atoms with Crippen molar-refractivity contribution in [3.63, 3.8) is 0 Å². The highest BCUT2D eigenvalue weighted by Crippen LogP contribution is 2.38. The fourth-order valence-corrected chi connectivity index (χ4v) is 4.48. The van der Waals surface area contributed by atoms with Crippen molar-refractivity contribution in [2.45, 2.75) is 26.4 Å². The first kappa shape index (κ1) is 29.8. The molecule has 0 unspecified atom stereocenters. The maximum absolute atomic E-state index is 14.5. The third-order valence-electron chi connectivity index (χ3n) is 6.55. The van der Waals surface area contributed by atoms with E-state index in [1.165, 1.54) is 24.5 Å². The summed E-state index contributed by atoms with van der Waals surface area (Å²) in [5.74, 6) is -3.35. The second-order valence-electron chi connectivity index (χ2n) is 10.6. The van der Waals surface area contributed by atoms with Gasteiger partial charge in [0.25, 0.3) is 5.56 Å². The summed E-state index contributed by atoms with van der Waals surface area (Å²) in [6.45, 7) is 7.01. The maximum atomic E-state index is 14.5. The summed E-state index contributed by atoms with van der Waals surface area (Å²) in [6, 6.07) is 5.20. The van der Waals surface area contributed by atoms with Gasteiger partial charge < -0.3 is 19.3 Å². The van der Waals surface area contributed by atoms with Gasteiger partial charge in [-0.1, -0.05) is 0 Å². The van der Waals surface area contributed by atoms with E-state index in [2.05, 4.69) is 15.0 Å². The van der Waals surface area contributed by atoms with Crippen LogP contribution in [0.4, 0.5) is 25.2 Å². The van der Waals surface area contributed by atoms with Crippen LogP contribution in [0.3, 0.4) is 0 Å². The molecule has 0 aliphatic carbocycles. The summed E-state index contributed by atoms with van der Waals surface area (Å²) < 4.78 is 40.3. The number of nitriles is 1. The Morgan fingerprint density at radius 1 is 1.05 bits per heavy atom. The second-order valence-corrected chi connectivity index (χ2v) is 10.6. The number of amides is 1. The van der Waals surface area contributed by atoms with E-state index in [9.17, 15) is 33.7 Å². The number of piperazine rings is 1. The minimum absolute atomic E-state index is 0.0640. The van der Waals surface area contributed by atoms with Gasteiger partial charge in [-0.2, -0.15) is 5.26 Å². The van der Waals surface area contributed by atoms with E-state index in [1.807, 2.05) is 4.90 Å². The third-order valence-corrected chi connectivity index (χ3v) is 6.55. The van der Waals surface area contributed by atoms with E-state index in [0.29, 0.717) is 38.2 Å². The Kier molecular flexibility index (Phi) is 7.79. The van der Waals surface area contributed by atoms with E-state index in [0.717, 1.165) is 23.0 Å². The van der Waals surface area contributed by atoms with Crippen molar-refractivity contribution in [2.75, 3.05) is 31.1 Å². The molecule has 3 heterocycles. The Morgan fingerprint density at radius 2 is 1.70 bits per heavy atom. The highest BCUT2D eigenvalue weighted by atomic mass is 19.1. The monoisotopic (exact) mass is 606 g/mol. The van der Waals surface area contributed by atoms with Crippen LogP contribution < -0.4 is 15.2 Å². The number of hydrogen-bond acceptors (Lipinski definition) is 11. The zero-order valence-electron chi connectivity index (χ0n) is 23.7. The van der Waals surface area contributed by atoms with Gasteiger partial charge in [0.15, 0.2) is 11.6 Å². The van der Waals surface area contributed by atoms with Crippen molar-refractivity contribution in [3.8, 4) is 23.3 Å². The smallest absolute Gasteiger partial charge is 0.410 e. The lowest BCUT2D eigenvalue weighted by Crippen LogP contribution is -2.50. The van der Waals surface area contributed by atoms with Gasteiger partial charge in [0.1, 0.15) is 34.8 Å². The number of carbonyl (C=O) groups excluding carboxylic acids is 1. The van der Waals surface area contributed by atoms with Gasteiger partial charge in [-0.15, -0.1) is 0 Å². The summed E-state index contributed by atoms with van der Waals surface area (Å²) in [4.78, 5) is 53.3. The molecule has 16 heteroatoms. The van der Waals surface area contributed by atoms with Crippen molar-refractivity contribution in [2.24, 2.45) is 0 Å². The Hall–Kier alpha value is -5.72. The molecule has 0 N–H and O–H groups in total. The van der Waals surface area contributed by atoms with E-state index >= 15 is 0 Å². The number of anilines is 1. The number of fused-ring (bicyclic) bond motifs is 1. The average Bonchev–Trinajstić information content (AvgIpc) is 2.98. The zero-order chi connectivity index (χ0) is 31.8. The highest BCUT2D eigenvalue weighted by molar-refractivity contribution is 5.90. The fourth-order valence-electron chi connectivity index (χ4n) is 4.48. The lowest BCUT2D eigenvalue weighted by Gasteiger charge is -2.35. The number of benzene rings is 2. The number of aromatic nitrogens is 4. The topological polar surface area (TPSA) is 170 Å². The maximum Gasteiger partial charge on any atom is 0.410 e. The summed E-state index contributed by atoms with van der Waals surface area (Å²) in [5, 5.41) is 20.9. The molecule has 14 nitrogen and oxygen atoms in total. The van der Waals surface area contributed by atoms with Crippen molar-refractivity contribution < 1.29 is 28.0 Å². The largest absolute Gasteiger partial charge is 0.445 e. The summed E-state index contributed by atoms with van der Waals surface area (Å²) in [6.07, 6.45) is 3.41. The minimum Gasteiger partial charge on any atom is -0.445 e. The van der Waals surface area contributed by atoms with Crippen LogP contribution in [0.25, 0.3) is 16.6 Å². The summed E-state index contributed by atoms with van der Waals surface area (Å²) in [5.41, 5.74) is -3.07. The molecule has 0 spiro atoms. The van der Waals surface area contributed by atoms with Crippen molar-refractivity contribution in [3.05, 3.63) is 80.7 Å². The Bertz CT molecular complexity index is 1880. The van der Waals surface area contributed by atoms with Gasteiger partial charge in [-0.3, -0.25) is 19.5 Å². The molecule has 2 aromatic heterocycles. The SMILES string of the molecule is CC(C)(C)OC(=O)N1CCN(c2ncc(-n3cnc4ccc(Oc5c(F)ccc(F)c5C#N)c([N+](=O)[O-])c4c3=O)cn2)CC1. The third kappa shape index (κ3) is 5.79. The van der Waals surface area contributed by atoms with Crippen LogP contribution >= 0.6 is 0 Å². The number of ether oxygens (including phenoxy) is 2. The van der Waals surface area contributed by atoms with E-state index < -0.39 is 61.9 Å². The van der Waals surface area contributed by atoms with Crippen LogP contribution in [0.2, 0.25) is 0 Å². The first-order valence-electron chi connectivity index (χ1n) is 13.2. The van der Waals surface area contributed by atoms with Crippen LogP contribution in [0.1, 0.15) is 26.3 Å². The summed E-state index contributed by atoms with van der Waals surface area (Å²) >= 11 is 0. The molecule has 1 fully saturated rings. The molecule has 2 aromatic carbocycles. The number of rotatable bonds is 5.